The number of nitriles is 1. The highest BCUT2D eigenvalue weighted by atomic mass is 32.2. The standard InChI is InChI=1S/C22H24N2OS2/c1-15-6-10-17(11-7-15)26-20(27-18-12-8-16(2)9-13-18)19(14-23)24-21(25)22(3,4)5/h6-13H,1-5H3,(H,24,25). The number of aryl methyl sites for hydroxylation is 2. The maximum absolute atomic E-state index is 12.4. The van der Waals surface area contributed by atoms with Gasteiger partial charge >= 0.3 is 0 Å². The number of amides is 1. The van der Waals surface area contributed by atoms with Crippen molar-refractivity contribution in [2.75, 3.05) is 0 Å². The van der Waals surface area contributed by atoms with Crippen LogP contribution < -0.4 is 5.32 Å². The average Bonchev–Trinajstić information content (AvgIpc) is 2.61. The van der Waals surface area contributed by atoms with Gasteiger partial charge in [-0.15, -0.1) is 0 Å². The van der Waals surface area contributed by atoms with Gasteiger partial charge < -0.3 is 5.32 Å². The quantitative estimate of drug-likeness (QED) is 0.494. The summed E-state index contributed by atoms with van der Waals surface area (Å²) >= 11 is 2.97. The van der Waals surface area contributed by atoms with Gasteiger partial charge in [-0.2, -0.15) is 5.26 Å². The van der Waals surface area contributed by atoms with E-state index in [1.165, 1.54) is 34.7 Å². The van der Waals surface area contributed by atoms with Crippen molar-refractivity contribution in [1.29, 1.82) is 5.26 Å². The lowest BCUT2D eigenvalue weighted by atomic mass is 9.96. The summed E-state index contributed by atoms with van der Waals surface area (Å²) in [5.41, 5.74) is 2.07. The van der Waals surface area contributed by atoms with Crippen LogP contribution >= 0.6 is 23.5 Å². The Labute approximate surface area is 170 Å². The van der Waals surface area contributed by atoms with E-state index < -0.39 is 5.41 Å². The number of benzene rings is 2. The molecule has 1 N–H and O–H groups in total. The lowest BCUT2D eigenvalue weighted by molar-refractivity contribution is -0.127. The number of carbonyl (C=O) groups excluding carboxylic acids is 1. The average molecular weight is 397 g/mol. The molecule has 0 aliphatic carbocycles. The fourth-order valence-electron chi connectivity index (χ4n) is 1.98. The Morgan fingerprint density at radius 2 is 1.30 bits per heavy atom. The van der Waals surface area contributed by atoms with Crippen LogP contribution in [0.3, 0.4) is 0 Å². The van der Waals surface area contributed by atoms with Gasteiger partial charge in [0, 0.05) is 15.2 Å². The lowest BCUT2D eigenvalue weighted by Gasteiger charge is -2.18. The second kappa shape index (κ2) is 9.16. The minimum atomic E-state index is -0.573. The molecule has 5 heteroatoms. The van der Waals surface area contributed by atoms with E-state index in [4.69, 9.17) is 0 Å². The highest BCUT2D eigenvalue weighted by Gasteiger charge is 2.23. The molecule has 0 spiro atoms. The Morgan fingerprint density at radius 1 is 0.889 bits per heavy atom. The number of hydrogen-bond acceptors (Lipinski definition) is 4. The minimum absolute atomic E-state index is 0.175. The van der Waals surface area contributed by atoms with Gasteiger partial charge in [-0.05, 0) is 38.1 Å². The third-order valence-electron chi connectivity index (χ3n) is 3.70. The van der Waals surface area contributed by atoms with E-state index in [9.17, 15) is 10.1 Å². The number of rotatable bonds is 5. The van der Waals surface area contributed by atoms with E-state index >= 15 is 0 Å². The van der Waals surface area contributed by atoms with E-state index in [0.29, 0.717) is 0 Å². The predicted octanol–water partition coefficient (Wildman–Crippen LogP) is 6.04. The molecule has 2 aromatic carbocycles. The molecule has 0 saturated carbocycles. The zero-order chi connectivity index (χ0) is 20.0. The van der Waals surface area contributed by atoms with Crippen LogP contribution in [0.1, 0.15) is 31.9 Å². The highest BCUT2D eigenvalue weighted by Crippen LogP contribution is 2.41. The molecule has 0 unspecified atom stereocenters. The largest absolute Gasteiger partial charge is 0.315 e. The predicted molar refractivity (Wildman–Crippen MR) is 114 cm³/mol. The molecule has 0 fully saturated rings. The van der Waals surface area contributed by atoms with Crippen LogP contribution in [0, 0.1) is 30.6 Å². The van der Waals surface area contributed by atoms with Crippen molar-refractivity contribution in [3.63, 3.8) is 0 Å². The Balaban J connectivity index is 2.39. The van der Waals surface area contributed by atoms with Gasteiger partial charge in [-0.1, -0.05) is 79.7 Å². The number of carbonyl (C=O) groups is 1. The van der Waals surface area contributed by atoms with Gasteiger partial charge in [0.05, 0.1) is 4.24 Å². The van der Waals surface area contributed by atoms with Gasteiger partial charge in [0.1, 0.15) is 11.8 Å². The summed E-state index contributed by atoms with van der Waals surface area (Å²) in [7, 11) is 0. The van der Waals surface area contributed by atoms with E-state index in [2.05, 4.69) is 11.4 Å². The molecule has 0 radical (unpaired) electrons. The molecule has 140 valence electrons. The van der Waals surface area contributed by atoms with Gasteiger partial charge in [0.2, 0.25) is 5.91 Å². The van der Waals surface area contributed by atoms with Crippen LogP contribution in [0.15, 0.2) is 68.3 Å². The van der Waals surface area contributed by atoms with E-state index in [0.717, 1.165) is 14.0 Å². The molecule has 0 saturated heterocycles. The van der Waals surface area contributed by atoms with Gasteiger partial charge in [-0.25, -0.2) is 0 Å². The topological polar surface area (TPSA) is 52.9 Å². The molecular weight excluding hydrogens is 372 g/mol. The molecule has 0 aliphatic rings. The third-order valence-corrected chi connectivity index (χ3v) is 5.99. The Kier molecular flexibility index (Phi) is 7.18. The smallest absolute Gasteiger partial charge is 0.230 e. The molecular formula is C22H24N2OS2. The number of nitrogens with one attached hydrogen (secondary N) is 1. The highest BCUT2D eigenvalue weighted by molar-refractivity contribution is 8.22. The number of thioether (sulfide) groups is 2. The first-order valence-corrected chi connectivity index (χ1v) is 10.3. The van der Waals surface area contributed by atoms with Crippen molar-refractivity contribution >= 4 is 29.4 Å². The number of allylic oxidation sites excluding steroid dienone is 1. The fourth-order valence-corrected chi connectivity index (χ4v) is 4.09. The van der Waals surface area contributed by atoms with Crippen LogP contribution in [0.2, 0.25) is 0 Å². The van der Waals surface area contributed by atoms with Crippen LogP contribution in [0.5, 0.6) is 0 Å². The molecule has 27 heavy (non-hydrogen) atoms. The van der Waals surface area contributed by atoms with Crippen LogP contribution in [-0.2, 0) is 4.79 Å². The van der Waals surface area contributed by atoms with Crippen molar-refractivity contribution in [1.82, 2.24) is 5.32 Å². The van der Waals surface area contributed by atoms with Crippen molar-refractivity contribution in [2.24, 2.45) is 5.41 Å². The van der Waals surface area contributed by atoms with Gasteiger partial charge in [-0.3, -0.25) is 4.79 Å². The summed E-state index contributed by atoms with van der Waals surface area (Å²) in [6.45, 7) is 9.57. The molecule has 0 atom stereocenters. The Morgan fingerprint density at radius 3 is 1.63 bits per heavy atom. The summed E-state index contributed by atoms with van der Waals surface area (Å²) in [6, 6.07) is 18.4. The first kappa shape index (κ1) is 21.1. The summed E-state index contributed by atoms with van der Waals surface area (Å²) in [6.07, 6.45) is 0. The van der Waals surface area contributed by atoms with Crippen molar-refractivity contribution in [2.45, 2.75) is 44.4 Å². The summed E-state index contributed by atoms with van der Waals surface area (Å²) in [5, 5.41) is 12.5. The van der Waals surface area contributed by atoms with E-state index in [-0.39, 0.29) is 11.6 Å². The first-order chi connectivity index (χ1) is 12.7. The number of hydrogen-bond donors (Lipinski definition) is 1. The molecule has 0 aliphatic heterocycles. The normalized spacial score (nSPS) is 10.8. The van der Waals surface area contributed by atoms with Gasteiger partial charge in [0.15, 0.2) is 0 Å². The second-order valence-corrected chi connectivity index (χ2v) is 9.73. The van der Waals surface area contributed by atoms with E-state index in [1.54, 1.807) is 0 Å². The SMILES string of the molecule is Cc1ccc(SC(Sc2ccc(C)cc2)=C(C#N)NC(=O)C(C)(C)C)cc1. The van der Waals surface area contributed by atoms with E-state index in [1.807, 2.05) is 83.1 Å². The van der Waals surface area contributed by atoms with Crippen LogP contribution in [0.25, 0.3) is 0 Å². The maximum atomic E-state index is 12.4. The molecule has 2 aromatic rings. The summed E-state index contributed by atoms with van der Waals surface area (Å²) in [5.74, 6) is -0.175. The first-order valence-electron chi connectivity index (χ1n) is 8.64. The van der Waals surface area contributed by atoms with Crippen LogP contribution in [0.4, 0.5) is 0 Å². The molecule has 1 amide bonds. The van der Waals surface area contributed by atoms with Crippen molar-refractivity contribution < 1.29 is 4.79 Å². The zero-order valence-corrected chi connectivity index (χ0v) is 17.9. The molecule has 0 bridgehead atoms. The molecule has 0 heterocycles. The molecule has 3 nitrogen and oxygen atoms in total. The Bertz CT molecular complexity index is 821. The Hall–Kier alpha value is -2.16. The van der Waals surface area contributed by atoms with Crippen LogP contribution in [-0.4, -0.2) is 5.91 Å². The second-order valence-electron chi connectivity index (χ2n) is 7.31. The zero-order valence-electron chi connectivity index (χ0n) is 16.3. The van der Waals surface area contributed by atoms with Gasteiger partial charge in [0.25, 0.3) is 0 Å². The summed E-state index contributed by atoms with van der Waals surface area (Å²) < 4.78 is 0.753. The molecule has 2 rings (SSSR count). The monoisotopic (exact) mass is 396 g/mol. The maximum Gasteiger partial charge on any atom is 0.230 e. The minimum Gasteiger partial charge on any atom is -0.315 e. The van der Waals surface area contributed by atoms with Crippen molar-refractivity contribution in [3.8, 4) is 6.07 Å². The lowest BCUT2D eigenvalue weighted by Crippen LogP contribution is -2.34. The van der Waals surface area contributed by atoms with Crippen molar-refractivity contribution in [3.05, 3.63) is 69.6 Å². The summed E-state index contributed by atoms with van der Waals surface area (Å²) in [4.78, 5) is 14.5. The third kappa shape index (κ3) is 6.50. The fraction of sp³-hybridized carbons (Fsp3) is 0.273. The molecule has 0 aromatic heterocycles. The number of nitrogens with zero attached hydrogens (tertiary/aromatic N) is 1.